The molecular formula is C23H31NO3S. The Morgan fingerprint density at radius 3 is 2.46 bits per heavy atom. The second-order valence-corrected chi connectivity index (χ2v) is 10.1. The minimum absolute atomic E-state index is 0.00174. The molecule has 2 rings (SSSR count). The van der Waals surface area contributed by atoms with Crippen molar-refractivity contribution < 1.29 is 14.7 Å². The summed E-state index contributed by atoms with van der Waals surface area (Å²) < 4.78 is 0. The molecular weight excluding hydrogens is 370 g/mol. The zero-order valence-corrected chi connectivity index (χ0v) is 18.7. The van der Waals surface area contributed by atoms with E-state index in [2.05, 4.69) is 31.8 Å². The molecule has 1 amide bonds. The summed E-state index contributed by atoms with van der Waals surface area (Å²) in [6, 6.07) is 1.63. The molecule has 0 aliphatic heterocycles. The lowest BCUT2D eigenvalue weighted by Crippen LogP contribution is -2.44. The number of carbonyl (C=O) groups excluding carboxylic acids is 1. The van der Waals surface area contributed by atoms with Gasteiger partial charge < -0.3 is 10.0 Å². The minimum atomic E-state index is -1.02. The van der Waals surface area contributed by atoms with Crippen molar-refractivity contribution in [3.63, 3.8) is 0 Å². The summed E-state index contributed by atoms with van der Waals surface area (Å²) in [5.74, 6) is 5.33. The summed E-state index contributed by atoms with van der Waals surface area (Å²) in [5.41, 5.74) is 1.60. The molecule has 5 heteroatoms. The highest BCUT2D eigenvalue weighted by Gasteiger charge is 2.35. The highest BCUT2D eigenvalue weighted by molar-refractivity contribution is 7.15. The van der Waals surface area contributed by atoms with Crippen LogP contribution >= 0.6 is 11.3 Å². The molecule has 0 unspecified atom stereocenters. The van der Waals surface area contributed by atoms with E-state index < -0.39 is 5.97 Å². The van der Waals surface area contributed by atoms with E-state index in [1.54, 1.807) is 11.0 Å². The van der Waals surface area contributed by atoms with Crippen LogP contribution in [0.4, 0.5) is 5.69 Å². The number of rotatable bonds is 4. The number of carboxylic acid groups (broad SMARTS) is 1. The maximum atomic E-state index is 13.4. The van der Waals surface area contributed by atoms with Gasteiger partial charge in [-0.15, -0.1) is 11.3 Å². The van der Waals surface area contributed by atoms with Crippen LogP contribution in [0.5, 0.6) is 0 Å². The number of hydrogen-bond donors (Lipinski definition) is 1. The first kappa shape index (κ1) is 22.2. The van der Waals surface area contributed by atoms with E-state index in [1.807, 2.05) is 34.6 Å². The lowest BCUT2D eigenvalue weighted by Gasteiger charge is -2.34. The van der Waals surface area contributed by atoms with Gasteiger partial charge in [-0.3, -0.25) is 4.79 Å². The number of carbonyl (C=O) groups is 2. The Morgan fingerprint density at radius 1 is 1.32 bits per heavy atom. The Labute approximate surface area is 172 Å². The molecule has 0 aromatic carbocycles. The largest absolute Gasteiger partial charge is 0.477 e. The third-order valence-electron chi connectivity index (χ3n) is 4.85. The molecule has 1 N–H and O–H groups in total. The van der Waals surface area contributed by atoms with Crippen LogP contribution in [0.2, 0.25) is 0 Å². The normalized spacial score (nSPS) is 19.6. The lowest BCUT2D eigenvalue weighted by molar-refractivity contribution is -0.124. The van der Waals surface area contributed by atoms with Gasteiger partial charge >= 0.3 is 5.97 Å². The number of nitrogens with zero attached hydrogens (tertiary/aromatic N) is 1. The van der Waals surface area contributed by atoms with Crippen molar-refractivity contribution in [3.8, 4) is 11.8 Å². The molecule has 1 heterocycles. The van der Waals surface area contributed by atoms with Crippen molar-refractivity contribution in [2.75, 3.05) is 4.90 Å². The van der Waals surface area contributed by atoms with Crippen LogP contribution in [0.3, 0.4) is 0 Å². The number of thiophene rings is 1. The molecule has 2 atom stereocenters. The van der Waals surface area contributed by atoms with Gasteiger partial charge in [0.1, 0.15) is 4.88 Å². The fourth-order valence-corrected chi connectivity index (χ4v) is 4.33. The molecule has 1 aliphatic carbocycles. The first-order chi connectivity index (χ1) is 12.9. The molecule has 4 nitrogen and oxygen atoms in total. The molecule has 0 saturated heterocycles. The van der Waals surface area contributed by atoms with Crippen LogP contribution in [0.15, 0.2) is 17.7 Å². The average molecular weight is 402 g/mol. The molecule has 0 fully saturated rings. The van der Waals surface area contributed by atoms with Crippen LogP contribution in [0.1, 0.15) is 75.9 Å². The van der Waals surface area contributed by atoms with E-state index in [1.165, 1.54) is 5.57 Å². The van der Waals surface area contributed by atoms with Gasteiger partial charge in [-0.2, -0.15) is 0 Å². The minimum Gasteiger partial charge on any atom is -0.477 e. The summed E-state index contributed by atoms with van der Waals surface area (Å²) in [5, 5.41) is 9.73. The van der Waals surface area contributed by atoms with E-state index in [0.29, 0.717) is 17.0 Å². The Morgan fingerprint density at radius 2 is 1.96 bits per heavy atom. The topological polar surface area (TPSA) is 57.6 Å². The molecule has 0 radical (unpaired) electrons. The summed E-state index contributed by atoms with van der Waals surface area (Å²) in [4.78, 5) is 27.8. The van der Waals surface area contributed by atoms with E-state index in [4.69, 9.17) is 0 Å². The average Bonchev–Trinajstić information content (AvgIpc) is 2.96. The zero-order chi connectivity index (χ0) is 21.2. The third kappa shape index (κ3) is 5.26. The maximum absolute atomic E-state index is 13.4. The van der Waals surface area contributed by atoms with Crippen molar-refractivity contribution in [2.45, 2.75) is 67.3 Å². The smallest absolute Gasteiger partial charge is 0.348 e. The maximum Gasteiger partial charge on any atom is 0.348 e. The lowest BCUT2D eigenvalue weighted by atomic mass is 9.80. The van der Waals surface area contributed by atoms with Crippen molar-refractivity contribution in [1.29, 1.82) is 0 Å². The number of anilines is 1. The van der Waals surface area contributed by atoms with Gasteiger partial charge in [-0.1, -0.05) is 30.4 Å². The van der Waals surface area contributed by atoms with Gasteiger partial charge in [0.15, 0.2) is 0 Å². The van der Waals surface area contributed by atoms with Crippen LogP contribution in [0, 0.1) is 29.1 Å². The highest BCUT2D eigenvalue weighted by atomic mass is 32.1. The van der Waals surface area contributed by atoms with E-state index in [-0.39, 0.29) is 34.1 Å². The fraction of sp³-hybridized carbons (Fsp3) is 0.565. The van der Waals surface area contributed by atoms with E-state index in [9.17, 15) is 14.7 Å². The molecule has 28 heavy (non-hydrogen) atoms. The number of amides is 1. The monoisotopic (exact) mass is 401 g/mol. The Kier molecular flexibility index (Phi) is 6.77. The molecule has 0 spiro atoms. The Bertz CT molecular complexity index is 845. The van der Waals surface area contributed by atoms with Crippen LogP contribution in [0.25, 0.3) is 0 Å². The number of allylic oxidation sites excluding steroid dienone is 2. The first-order valence-electron chi connectivity index (χ1n) is 9.79. The zero-order valence-electron chi connectivity index (χ0n) is 17.9. The summed E-state index contributed by atoms with van der Waals surface area (Å²) >= 11 is 1.14. The van der Waals surface area contributed by atoms with Gasteiger partial charge in [0.25, 0.3) is 0 Å². The fourth-order valence-electron chi connectivity index (χ4n) is 3.49. The molecule has 0 bridgehead atoms. The van der Waals surface area contributed by atoms with E-state index >= 15 is 0 Å². The molecule has 0 saturated carbocycles. The third-order valence-corrected chi connectivity index (χ3v) is 5.88. The van der Waals surface area contributed by atoms with Gasteiger partial charge in [-0.25, -0.2) is 4.79 Å². The van der Waals surface area contributed by atoms with Crippen LogP contribution < -0.4 is 4.90 Å². The molecule has 1 aromatic heterocycles. The predicted molar refractivity (Wildman–Crippen MR) is 116 cm³/mol. The molecule has 1 aromatic rings. The number of carboxylic acids is 1. The summed E-state index contributed by atoms with van der Waals surface area (Å²) in [6.45, 7) is 14.1. The standard InChI is InChI=1S/C23H31NO3S/c1-14(2)24(21(25)18-9-8-15(3)12-16(18)4)19-13-17(10-11-23(5,6)7)28-20(19)22(26)27/h8,13-14,16,18H,9,12H2,1-7H3,(H,26,27)/t16-,18+/m1/s1. The van der Waals surface area contributed by atoms with Gasteiger partial charge in [0, 0.05) is 17.4 Å². The van der Waals surface area contributed by atoms with Crippen LogP contribution in [-0.4, -0.2) is 23.0 Å². The second kappa shape index (κ2) is 8.53. The Hall–Kier alpha value is -2.06. The van der Waals surface area contributed by atoms with Crippen LogP contribution in [-0.2, 0) is 4.79 Å². The van der Waals surface area contributed by atoms with Gasteiger partial charge in [-0.05, 0) is 66.4 Å². The second-order valence-electron chi connectivity index (χ2n) is 9.01. The number of aromatic carboxylic acids is 1. The van der Waals surface area contributed by atoms with Gasteiger partial charge in [0.2, 0.25) is 5.91 Å². The van der Waals surface area contributed by atoms with Crippen molar-refractivity contribution in [1.82, 2.24) is 0 Å². The summed E-state index contributed by atoms with van der Waals surface area (Å²) in [7, 11) is 0. The van der Waals surface area contributed by atoms with Crippen molar-refractivity contribution in [2.24, 2.45) is 17.3 Å². The number of hydrogen-bond acceptors (Lipinski definition) is 3. The highest BCUT2D eigenvalue weighted by Crippen LogP contribution is 2.36. The molecule has 1 aliphatic rings. The van der Waals surface area contributed by atoms with E-state index in [0.717, 1.165) is 17.8 Å². The quantitative estimate of drug-likeness (QED) is 0.529. The van der Waals surface area contributed by atoms with Crippen molar-refractivity contribution in [3.05, 3.63) is 27.5 Å². The predicted octanol–water partition coefficient (Wildman–Crippen LogP) is 5.58. The summed E-state index contributed by atoms with van der Waals surface area (Å²) in [6.07, 6.45) is 3.74. The Balaban J connectivity index is 2.47. The molecule has 152 valence electrons. The first-order valence-corrected chi connectivity index (χ1v) is 10.6. The van der Waals surface area contributed by atoms with Gasteiger partial charge in [0.05, 0.1) is 10.6 Å². The van der Waals surface area contributed by atoms with Crippen molar-refractivity contribution >= 4 is 28.9 Å². The SMILES string of the molecule is CC1=CC[C@H](C(=O)N(c2cc(C#CC(C)(C)C)sc2C(=O)O)C(C)C)[C@H](C)C1.